The van der Waals surface area contributed by atoms with Gasteiger partial charge in [0.05, 0.1) is 4.34 Å². The van der Waals surface area contributed by atoms with Crippen molar-refractivity contribution in [2.45, 2.75) is 19.3 Å². The number of nitrogens with one attached hydrogen (secondary N) is 1. The maximum absolute atomic E-state index is 12.2. The molecule has 0 amide bonds. The number of nitrogens with two attached hydrogens (primary N) is 1. The Morgan fingerprint density at radius 2 is 2.30 bits per heavy atom. The third kappa shape index (κ3) is 4.41. The first-order chi connectivity index (χ1) is 9.51. The van der Waals surface area contributed by atoms with E-state index in [1.54, 1.807) is 0 Å². The summed E-state index contributed by atoms with van der Waals surface area (Å²) < 4.78 is 29.3. The number of piperidine rings is 1. The Hall–Kier alpha value is -0.180. The third-order valence-corrected chi connectivity index (χ3v) is 6.31. The molecule has 1 unspecified atom stereocenters. The van der Waals surface area contributed by atoms with Gasteiger partial charge in [-0.2, -0.15) is 12.7 Å². The summed E-state index contributed by atoms with van der Waals surface area (Å²) in [4.78, 5) is 1.08. The average Bonchev–Trinajstić information content (AvgIpc) is 2.84. The van der Waals surface area contributed by atoms with Crippen molar-refractivity contribution in [1.82, 2.24) is 9.03 Å². The molecule has 114 valence electrons. The fraction of sp³-hybridized carbons (Fsp3) is 0.667. The maximum atomic E-state index is 12.2. The van der Waals surface area contributed by atoms with Gasteiger partial charge in [0.25, 0.3) is 10.2 Å². The average molecular weight is 338 g/mol. The van der Waals surface area contributed by atoms with Crippen LogP contribution in [0.3, 0.4) is 0 Å². The van der Waals surface area contributed by atoms with Gasteiger partial charge >= 0.3 is 0 Å². The molecule has 1 fully saturated rings. The van der Waals surface area contributed by atoms with Gasteiger partial charge in [0.2, 0.25) is 0 Å². The molecule has 1 aromatic rings. The Balaban J connectivity index is 1.84. The summed E-state index contributed by atoms with van der Waals surface area (Å²) in [7, 11) is -3.39. The summed E-state index contributed by atoms with van der Waals surface area (Å²) in [5, 5.41) is 0. The highest BCUT2D eigenvalue weighted by Gasteiger charge is 2.27. The zero-order valence-corrected chi connectivity index (χ0v) is 13.6. The summed E-state index contributed by atoms with van der Waals surface area (Å²) in [5.74, 6) is 0.274. The van der Waals surface area contributed by atoms with E-state index < -0.39 is 10.2 Å². The monoisotopic (exact) mass is 337 g/mol. The summed E-state index contributed by atoms with van der Waals surface area (Å²) in [6.07, 6.45) is 2.55. The molecule has 0 bridgehead atoms. The Kier molecular flexibility index (Phi) is 5.83. The number of thiophene rings is 1. The summed E-state index contributed by atoms with van der Waals surface area (Å²) in [5.41, 5.74) is 5.63. The first kappa shape index (κ1) is 16.2. The second-order valence-corrected chi connectivity index (χ2v) is 8.51. The van der Waals surface area contributed by atoms with Gasteiger partial charge in [-0.25, -0.2) is 4.72 Å². The van der Waals surface area contributed by atoms with Crippen LogP contribution in [0.4, 0.5) is 0 Å². The fourth-order valence-corrected chi connectivity index (χ4v) is 4.72. The standard InChI is InChI=1S/C12H20ClN3O2S2/c13-12-4-3-11(19-12)5-6-15-20(17,18)16-7-1-2-10(8-14)9-16/h3-4,10,15H,1-2,5-9,14H2. The Morgan fingerprint density at radius 3 is 2.95 bits per heavy atom. The molecule has 0 spiro atoms. The summed E-state index contributed by atoms with van der Waals surface area (Å²) in [6.45, 7) is 2.04. The van der Waals surface area contributed by atoms with Crippen LogP contribution >= 0.6 is 22.9 Å². The topological polar surface area (TPSA) is 75.4 Å². The second-order valence-electron chi connectivity index (χ2n) is 4.96. The predicted octanol–water partition coefficient (Wildman–Crippen LogP) is 1.45. The molecule has 1 atom stereocenters. The van der Waals surface area contributed by atoms with Gasteiger partial charge in [-0.3, -0.25) is 0 Å². The molecule has 0 aliphatic carbocycles. The second kappa shape index (κ2) is 7.20. The molecule has 1 aliphatic rings. The van der Waals surface area contributed by atoms with Gasteiger partial charge in [-0.05, 0) is 43.9 Å². The van der Waals surface area contributed by atoms with Crippen molar-refractivity contribution >= 4 is 33.1 Å². The van der Waals surface area contributed by atoms with E-state index in [1.807, 2.05) is 12.1 Å². The molecule has 0 saturated carbocycles. The minimum atomic E-state index is -3.39. The van der Waals surface area contributed by atoms with Crippen molar-refractivity contribution in [2.75, 3.05) is 26.2 Å². The minimum absolute atomic E-state index is 0.274. The van der Waals surface area contributed by atoms with Gasteiger partial charge in [0.1, 0.15) is 0 Å². The Bertz CT molecular complexity index is 533. The van der Waals surface area contributed by atoms with Crippen LogP contribution < -0.4 is 10.5 Å². The number of halogens is 1. The molecule has 1 aliphatic heterocycles. The number of rotatable bonds is 6. The first-order valence-corrected chi connectivity index (χ1v) is 9.34. The molecule has 2 heterocycles. The molecule has 0 aromatic carbocycles. The van der Waals surface area contributed by atoms with Crippen molar-refractivity contribution in [3.8, 4) is 0 Å². The summed E-state index contributed by atoms with van der Waals surface area (Å²) >= 11 is 7.32. The van der Waals surface area contributed by atoms with Crippen molar-refractivity contribution in [1.29, 1.82) is 0 Å². The van der Waals surface area contributed by atoms with Crippen molar-refractivity contribution < 1.29 is 8.42 Å². The zero-order chi connectivity index (χ0) is 14.6. The molecule has 20 heavy (non-hydrogen) atoms. The highest BCUT2D eigenvalue weighted by atomic mass is 35.5. The van der Waals surface area contributed by atoms with Crippen LogP contribution in [0.5, 0.6) is 0 Å². The van der Waals surface area contributed by atoms with Gasteiger partial charge in [-0.1, -0.05) is 11.6 Å². The third-order valence-electron chi connectivity index (χ3n) is 3.44. The quantitative estimate of drug-likeness (QED) is 0.825. The molecular weight excluding hydrogens is 318 g/mol. The molecule has 1 aromatic heterocycles. The SMILES string of the molecule is NCC1CCCN(S(=O)(=O)NCCc2ccc(Cl)s2)C1. The lowest BCUT2D eigenvalue weighted by molar-refractivity contribution is 0.269. The largest absolute Gasteiger partial charge is 0.330 e. The van der Waals surface area contributed by atoms with E-state index in [4.69, 9.17) is 17.3 Å². The van der Waals surface area contributed by atoms with E-state index in [0.717, 1.165) is 22.1 Å². The van der Waals surface area contributed by atoms with E-state index in [0.29, 0.717) is 32.6 Å². The van der Waals surface area contributed by atoms with Crippen LogP contribution in [0, 0.1) is 5.92 Å². The van der Waals surface area contributed by atoms with Gasteiger partial charge < -0.3 is 5.73 Å². The summed E-state index contributed by atoms with van der Waals surface area (Å²) in [6, 6.07) is 3.75. The number of nitrogens with zero attached hydrogens (tertiary/aromatic N) is 1. The lowest BCUT2D eigenvalue weighted by Crippen LogP contribution is -2.47. The predicted molar refractivity (Wildman–Crippen MR) is 83.3 cm³/mol. The van der Waals surface area contributed by atoms with E-state index in [9.17, 15) is 8.42 Å². The number of hydrogen-bond donors (Lipinski definition) is 2. The lowest BCUT2D eigenvalue weighted by Gasteiger charge is -2.31. The number of hydrogen-bond acceptors (Lipinski definition) is 4. The smallest absolute Gasteiger partial charge is 0.279 e. The molecule has 5 nitrogen and oxygen atoms in total. The molecule has 2 rings (SSSR count). The van der Waals surface area contributed by atoms with E-state index in [2.05, 4.69) is 4.72 Å². The first-order valence-electron chi connectivity index (χ1n) is 6.70. The van der Waals surface area contributed by atoms with Crippen LogP contribution in [0.25, 0.3) is 0 Å². The van der Waals surface area contributed by atoms with Crippen LogP contribution in [-0.2, 0) is 16.6 Å². The van der Waals surface area contributed by atoms with Crippen LogP contribution in [0.1, 0.15) is 17.7 Å². The van der Waals surface area contributed by atoms with Crippen LogP contribution in [0.15, 0.2) is 12.1 Å². The van der Waals surface area contributed by atoms with Gasteiger partial charge in [0.15, 0.2) is 0 Å². The molecular formula is C12H20ClN3O2S2. The molecule has 3 N–H and O–H groups in total. The van der Waals surface area contributed by atoms with Crippen molar-refractivity contribution in [3.63, 3.8) is 0 Å². The normalized spacial score (nSPS) is 21.2. The minimum Gasteiger partial charge on any atom is -0.330 e. The fourth-order valence-electron chi connectivity index (χ4n) is 2.32. The molecule has 8 heteroatoms. The van der Waals surface area contributed by atoms with Crippen LogP contribution in [0.2, 0.25) is 4.34 Å². The highest BCUT2D eigenvalue weighted by Crippen LogP contribution is 2.21. The van der Waals surface area contributed by atoms with Crippen LogP contribution in [-0.4, -0.2) is 38.9 Å². The van der Waals surface area contributed by atoms with Crippen molar-refractivity contribution in [3.05, 3.63) is 21.3 Å². The molecule has 1 saturated heterocycles. The van der Waals surface area contributed by atoms with Crippen molar-refractivity contribution in [2.24, 2.45) is 11.7 Å². The zero-order valence-electron chi connectivity index (χ0n) is 11.2. The van der Waals surface area contributed by atoms with E-state index >= 15 is 0 Å². The van der Waals surface area contributed by atoms with Gasteiger partial charge in [0, 0.05) is 24.5 Å². The maximum Gasteiger partial charge on any atom is 0.279 e. The van der Waals surface area contributed by atoms with Gasteiger partial charge in [-0.15, -0.1) is 11.3 Å². The van der Waals surface area contributed by atoms with E-state index in [1.165, 1.54) is 15.6 Å². The Morgan fingerprint density at radius 1 is 1.50 bits per heavy atom. The Labute approximate surface area is 129 Å². The molecule has 0 radical (unpaired) electrons. The lowest BCUT2D eigenvalue weighted by atomic mass is 10.0. The highest BCUT2D eigenvalue weighted by molar-refractivity contribution is 7.87. The van der Waals surface area contributed by atoms with E-state index in [-0.39, 0.29) is 5.92 Å².